The van der Waals surface area contributed by atoms with Crippen molar-refractivity contribution in [3.63, 3.8) is 0 Å². The van der Waals surface area contributed by atoms with Crippen molar-refractivity contribution in [2.24, 2.45) is 0 Å². The first kappa shape index (κ1) is 10.7. The summed E-state index contributed by atoms with van der Waals surface area (Å²) in [7, 11) is 0. The minimum atomic E-state index is -0.579. The van der Waals surface area contributed by atoms with Crippen molar-refractivity contribution < 1.29 is 9.50 Å². The second kappa shape index (κ2) is 4.72. The lowest BCUT2D eigenvalue weighted by Crippen LogP contribution is -1.98. The molecule has 0 aliphatic rings. The van der Waals surface area contributed by atoms with E-state index in [-0.39, 0.29) is 5.82 Å². The molecule has 1 N–H and O–H groups in total. The van der Waals surface area contributed by atoms with E-state index in [4.69, 9.17) is 0 Å². The Bertz CT molecular complexity index is 312. The predicted molar refractivity (Wildman–Crippen MR) is 58.9 cm³/mol. The molecule has 1 aromatic carbocycles. The smallest absolute Gasteiger partial charge is 0.124 e. The average Bonchev–Trinajstić information content (AvgIpc) is 2.04. The molecule has 3 heteroatoms. The van der Waals surface area contributed by atoms with Crippen LogP contribution in [0.15, 0.2) is 30.9 Å². The fourth-order valence-corrected chi connectivity index (χ4v) is 1.89. The first-order valence-corrected chi connectivity index (χ1v) is 4.97. The van der Waals surface area contributed by atoms with Gasteiger partial charge in [0.25, 0.3) is 0 Å². The summed E-state index contributed by atoms with van der Waals surface area (Å²) in [5.41, 5.74) is 0.752. The van der Waals surface area contributed by atoms with Crippen LogP contribution < -0.4 is 0 Å². The van der Waals surface area contributed by atoms with Gasteiger partial charge in [0.1, 0.15) is 5.82 Å². The summed E-state index contributed by atoms with van der Waals surface area (Å²) in [5, 5.41) is 9.59. The van der Waals surface area contributed by atoms with Crippen LogP contribution in [0.4, 0.5) is 4.39 Å². The van der Waals surface area contributed by atoms with Gasteiger partial charge in [-0.2, -0.15) is 0 Å². The molecule has 13 heavy (non-hydrogen) atoms. The monoisotopic (exact) mass is 292 g/mol. The van der Waals surface area contributed by atoms with Gasteiger partial charge in [-0.25, -0.2) is 4.39 Å². The van der Waals surface area contributed by atoms with Crippen molar-refractivity contribution >= 4 is 22.6 Å². The zero-order chi connectivity index (χ0) is 9.84. The molecule has 1 atom stereocenters. The van der Waals surface area contributed by atoms with Crippen molar-refractivity contribution in [3.8, 4) is 0 Å². The van der Waals surface area contributed by atoms with E-state index in [2.05, 4.69) is 6.58 Å². The minimum absolute atomic E-state index is 0.279. The topological polar surface area (TPSA) is 20.2 Å². The summed E-state index contributed by atoms with van der Waals surface area (Å²) < 4.78 is 13.4. The Labute approximate surface area is 90.4 Å². The highest BCUT2D eigenvalue weighted by Crippen LogP contribution is 2.23. The summed E-state index contributed by atoms with van der Waals surface area (Å²) in [6, 6.07) is 4.36. The number of aliphatic hydroxyl groups excluding tert-OH is 1. The number of aliphatic hydroxyl groups is 1. The normalized spacial score (nSPS) is 12.5. The molecule has 70 valence electrons. The lowest BCUT2D eigenvalue weighted by atomic mass is 10.1. The molecule has 0 aromatic heterocycles. The predicted octanol–water partition coefficient (Wildman–Crippen LogP) is 3.04. The van der Waals surface area contributed by atoms with Crippen LogP contribution in [-0.2, 0) is 0 Å². The van der Waals surface area contributed by atoms with Gasteiger partial charge in [-0.05, 0) is 46.7 Å². The zero-order valence-corrected chi connectivity index (χ0v) is 9.16. The molecule has 1 unspecified atom stereocenters. The number of hydrogen-bond acceptors (Lipinski definition) is 1. The third-order valence-electron chi connectivity index (χ3n) is 1.71. The molecule has 0 heterocycles. The largest absolute Gasteiger partial charge is 0.388 e. The van der Waals surface area contributed by atoms with E-state index in [9.17, 15) is 9.50 Å². The maximum atomic E-state index is 12.7. The Hall–Kier alpha value is -0.420. The number of halogens is 2. The Morgan fingerprint density at radius 2 is 2.31 bits per heavy atom. The van der Waals surface area contributed by atoms with E-state index >= 15 is 0 Å². The molecule has 0 aliphatic carbocycles. The Morgan fingerprint density at radius 1 is 1.62 bits per heavy atom. The molecule has 0 saturated carbocycles. The van der Waals surface area contributed by atoms with Crippen LogP contribution in [0.25, 0.3) is 0 Å². The second-order valence-corrected chi connectivity index (χ2v) is 3.87. The number of hydrogen-bond donors (Lipinski definition) is 1. The molecule has 1 rings (SSSR count). The van der Waals surface area contributed by atoms with E-state index < -0.39 is 6.10 Å². The van der Waals surface area contributed by atoms with Crippen LogP contribution in [0.1, 0.15) is 18.1 Å². The average molecular weight is 292 g/mol. The van der Waals surface area contributed by atoms with Crippen molar-refractivity contribution in [1.29, 1.82) is 0 Å². The first-order chi connectivity index (χ1) is 6.15. The van der Waals surface area contributed by atoms with Crippen LogP contribution >= 0.6 is 22.6 Å². The third-order valence-corrected chi connectivity index (χ3v) is 2.65. The van der Waals surface area contributed by atoms with E-state index in [1.165, 1.54) is 12.1 Å². The Morgan fingerprint density at radius 3 is 2.85 bits per heavy atom. The van der Waals surface area contributed by atoms with Crippen molar-refractivity contribution in [3.05, 3.63) is 45.8 Å². The van der Waals surface area contributed by atoms with Gasteiger partial charge in [0, 0.05) is 3.57 Å². The van der Waals surface area contributed by atoms with Gasteiger partial charge >= 0.3 is 0 Å². The van der Waals surface area contributed by atoms with Gasteiger partial charge in [0.15, 0.2) is 0 Å². The van der Waals surface area contributed by atoms with Crippen molar-refractivity contribution in [2.45, 2.75) is 12.5 Å². The number of benzene rings is 1. The van der Waals surface area contributed by atoms with E-state index in [0.717, 1.165) is 9.13 Å². The molecular formula is C10H10FIO. The summed E-state index contributed by atoms with van der Waals surface area (Å²) in [6.45, 7) is 3.54. The SMILES string of the molecule is C=CCC(O)c1ccc(F)cc1I. The second-order valence-electron chi connectivity index (χ2n) is 2.71. The van der Waals surface area contributed by atoms with E-state index in [0.29, 0.717) is 6.42 Å². The summed E-state index contributed by atoms with van der Waals surface area (Å²) in [5.74, 6) is -0.279. The Balaban J connectivity index is 2.94. The van der Waals surface area contributed by atoms with Gasteiger partial charge in [-0.3, -0.25) is 0 Å². The highest BCUT2D eigenvalue weighted by atomic mass is 127. The fourth-order valence-electron chi connectivity index (χ4n) is 1.06. The maximum absolute atomic E-state index is 12.7. The van der Waals surface area contributed by atoms with Gasteiger partial charge in [-0.1, -0.05) is 12.1 Å². The van der Waals surface area contributed by atoms with Gasteiger partial charge in [0.05, 0.1) is 6.10 Å². The van der Waals surface area contributed by atoms with Crippen LogP contribution in [-0.4, -0.2) is 5.11 Å². The molecule has 0 amide bonds. The van der Waals surface area contributed by atoms with Gasteiger partial charge < -0.3 is 5.11 Å². The van der Waals surface area contributed by atoms with E-state index in [1.54, 1.807) is 12.1 Å². The highest BCUT2D eigenvalue weighted by Gasteiger charge is 2.09. The zero-order valence-electron chi connectivity index (χ0n) is 7.00. The van der Waals surface area contributed by atoms with Gasteiger partial charge in [0.2, 0.25) is 0 Å². The summed E-state index contributed by atoms with van der Waals surface area (Å²) in [6.07, 6.45) is 1.55. The van der Waals surface area contributed by atoms with Crippen LogP contribution in [0.2, 0.25) is 0 Å². The quantitative estimate of drug-likeness (QED) is 0.670. The molecule has 0 saturated heterocycles. The summed E-state index contributed by atoms with van der Waals surface area (Å²) >= 11 is 2.01. The minimum Gasteiger partial charge on any atom is -0.388 e. The standard InChI is InChI=1S/C10H10FIO/c1-2-3-10(13)8-5-4-7(11)6-9(8)12/h2,4-6,10,13H,1,3H2. The Kier molecular flexibility index (Phi) is 3.87. The maximum Gasteiger partial charge on any atom is 0.124 e. The lowest BCUT2D eigenvalue weighted by Gasteiger charge is -2.10. The molecule has 0 aliphatic heterocycles. The van der Waals surface area contributed by atoms with Crippen LogP contribution in [0.3, 0.4) is 0 Å². The molecule has 1 nitrogen and oxygen atoms in total. The first-order valence-electron chi connectivity index (χ1n) is 3.89. The lowest BCUT2D eigenvalue weighted by molar-refractivity contribution is 0.180. The molecule has 0 fully saturated rings. The number of rotatable bonds is 3. The molecule has 0 bridgehead atoms. The van der Waals surface area contributed by atoms with Crippen LogP contribution in [0.5, 0.6) is 0 Å². The van der Waals surface area contributed by atoms with Crippen molar-refractivity contribution in [1.82, 2.24) is 0 Å². The fraction of sp³-hybridized carbons (Fsp3) is 0.200. The van der Waals surface area contributed by atoms with Gasteiger partial charge in [-0.15, -0.1) is 6.58 Å². The molecule has 1 aromatic rings. The third kappa shape index (κ3) is 2.77. The molecular weight excluding hydrogens is 282 g/mol. The van der Waals surface area contributed by atoms with E-state index in [1.807, 2.05) is 22.6 Å². The molecule has 0 radical (unpaired) electrons. The molecule has 0 spiro atoms. The van der Waals surface area contributed by atoms with Crippen molar-refractivity contribution in [2.75, 3.05) is 0 Å². The summed E-state index contributed by atoms with van der Waals surface area (Å²) in [4.78, 5) is 0. The van der Waals surface area contributed by atoms with Crippen LogP contribution in [0, 0.1) is 9.39 Å². The highest BCUT2D eigenvalue weighted by molar-refractivity contribution is 14.1.